The van der Waals surface area contributed by atoms with E-state index in [-0.39, 0.29) is 11.7 Å². The summed E-state index contributed by atoms with van der Waals surface area (Å²) in [7, 11) is 0. The lowest BCUT2D eigenvalue weighted by Crippen LogP contribution is -2.36. The topological polar surface area (TPSA) is 56.2 Å². The van der Waals surface area contributed by atoms with Crippen LogP contribution in [-0.2, 0) is 16.0 Å². The first-order valence-electron chi connectivity index (χ1n) is 5.65. The molecule has 2 aromatic heterocycles. The summed E-state index contributed by atoms with van der Waals surface area (Å²) in [5.74, 6) is 0. The maximum absolute atomic E-state index is 12.3. The van der Waals surface area contributed by atoms with Gasteiger partial charge in [0.1, 0.15) is 4.83 Å². The highest BCUT2D eigenvalue weighted by Gasteiger charge is 2.17. The molecule has 0 aliphatic carbocycles. The number of thiophene rings is 1. The third-order valence-corrected chi connectivity index (χ3v) is 4.03. The minimum atomic E-state index is -0.109. The Morgan fingerprint density at radius 3 is 3.22 bits per heavy atom. The van der Waals surface area contributed by atoms with Gasteiger partial charge in [-0.05, 0) is 23.7 Å². The Bertz CT molecular complexity index is 667. The van der Waals surface area contributed by atoms with E-state index < -0.39 is 0 Å². The van der Waals surface area contributed by atoms with Crippen LogP contribution in [0.15, 0.2) is 16.2 Å². The maximum Gasteiger partial charge on any atom is 0.263 e. The van der Waals surface area contributed by atoms with E-state index in [0.29, 0.717) is 36.5 Å². The molecule has 1 unspecified atom stereocenters. The first-order chi connectivity index (χ1) is 8.75. The van der Waals surface area contributed by atoms with Crippen LogP contribution < -0.4 is 5.56 Å². The number of rotatable bonds is 2. The molecule has 0 bridgehead atoms. The van der Waals surface area contributed by atoms with Crippen molar-refractivity contribution in [2.24, 2.45) is 0 Å². The zero-order valence-corrected chi connectivity index (χ0v) is 11.2. The molecule has 2 aromatic rings. The second-order valence-corrected chi connectivity index (χ2v) is 5.38. The van der Waals surface area contributed by atoms with E-state index in [9.17, 15) is 4.79 Å². The average Bonchev–Trinajstić information content (AvgIpc) is 2.84. The lowest BCUT2D eigenvalue weighted by atomic mass is 10.3. The normalized spacial score (nSPS) is 20.3. The van der Waals surface area contributed by atoms with Crippen molar-refractivity contribution < 1.29 is 9.47 Å². The van der Waals surface area contributed by atoms with Crippen LogP contribution in [0.25, 0.3) is 10.2 Å². The van der Waals surface area contributed by atoms with Crippen molar-refractivity contribution in [1.29, 1.82) is 0 Å². The molecule has 1 saturated heterocycles. The molecule has 1 aliphatic rings. The summed E-state index contributed by atoms with van der Waals surface area (Å²) in [5.41, 5.74) is -0.0656. The van der Waals surface area contributed by atoms with E-state index in [2.05, 4.69) is 4.98 Å². The fourth-order valence-electron chi connectivity index (χ4n) is 1.99. The molecule has 96 valence electrons. The van der Waals surface area contributed by atoms with E-state index in [0.717, 1.165) is 4.83 Å². The summed E-state index contributed by atoms with van der Waals surface area (Å²) in [6.45, 7) is 2.11. The number of hydrogen-bond acceptors (Lipinski definition) is 5. The van der Waals surface area contributed by atoms with Gasteiger partial charge in [0, 0.05) is 0 Å². The quantitative estimate of drug-likeness (QED) is 0.850. The van der Waals surface area contributed by atoms with Crippen LogP contribution in [0.3, 0.4) is 0 Å². The van der Waals surface area contributed by atoms with Gasteiger partial charge in [-0.3, -0.25) is 9.36 Å². The largest absolute Gasteiger partial charge is 0.376 e. The minimum absolute atomic E-state index is 0.0656. The van der Waals surface area contributed by atoms with Crippen LogP contribution in [0.2, 0.25) is 0 Å². The molecule has 0 spiro atoms. The van der Waals surface area contributed by atoms with Crippen LogP contribution in [-0.4, -0.2) is 35.5 Å². The van der Waals surface area contributed by atoms with Gasteiger partial charge in [-0.15, -0.1) is 11.3 Å². The Labute approximate surface area is 112 Å². The average molecular weight is 284 g/mol. The van der Waals surface area contributed by atoms with Gasteiger partial charge in [0.25, 0.3) is 5.56 Å². The van der Waals surface area contributed by atoms with Crippen LogP contribution in [0.1, 0.15) is 0 Å². The summed E-state index contributed by atoms with van der Waals surface area (Å²) in [5, 5.41) is 2.55. The van der Waals surface area contributed by atoms with Crippen molar-refractivity contribution in [3.63, 3.8) is 0 Å². The fraction of sp³-hybridized carbons (Fsp3) is 0.455. The maximum atomic E-state index is 12.3. The van der Waals surface area contributed by atoms with Gasteiger partial charge < -0.3 is 14.5 Å². The van der Waals surface area contributed by atoms with Gasteiger partial charge >= 0.3 is 0 Å². The van der Waals surface area contributed by atoms with Gasteiger partial charge in [-0.1, -0.05) is 0 Å². The third-order valence-electron chi connectivity index (χ3n) is 2.88. The van der Waals surface area contributed by atoms with E-state index in [1.807, 2.05) is 11.4 Å². The summed E-state index contributed by atoms with van der Waals surface area (Å²) in [4.78, 5) is 16.2. The SMILES string of the molecule is O=c1c2ccsc2[nH]c(=S)n1CC1COCCO1. The Kier molecular flexibility index (Phi) is 3.29. The van der Waals surface area contributed by atoms with Gasteiger partial charge in [0.15, 0.2) is 4.77 Å². The Hall–Kier alpha value is -1.02. The molecule has 1 aliphatic heterocycles. The fourth-order valence-corrected chi connectivity index (χ4v) is 3.09. The number of hydrogen-bond donors (Lipinski definition) is 1. The summed E-state index contributed by atoms with van der Waals surface area (Å²) in [6.07, 6.45) is -0.109. The highest BCUT2D eigenvalue weighted by Crippen LogP contribution is 2.14. The second kappa shape index (κ2) is 4.93. The number of H-pyrrole nitrogens is 1. The molecule has 1 fully saturated rings. The second-order valence-electron chi connectivity index (χ2n) is 4.08. The number of nitrogens with zero attached hydrogens (tertiary/aromatic N) is 1. The molecule has 7 heteroatoms. The molecule has 0 amide bonds. The predicted molar refractivity (Wildman–Crippen MR) is 71.8 cm³/mol. The number of ether oxygens (including phenoxy) is 2. The molecule has 3 heterocycles. The summed E-state index contributed by atoms with van der Waals surface area (Å²) >= 11 is 6.70. The molecule has 1 N–H and O–H groups in total. The minimum Gasteiger partial charge on any atom is -0.376 e. The molecule has 0 aromatic carbocycles. The first kappa shape index (κ1) is 12.0. The highest BCUT2D eigenvalue weighted by molar-refractivity contribution is 7.71. The Morgan fingerprint density at radius 1 is 1.56 bits per heavy atom. The number of aromatic nitrogens is 2. The molecular weight excluding hydrogens is 272 g/mol. The molecule has 18 heavy (non-hydrogen) atoms. The van der Waals surface area contributed by atoms with Gasteiger partial charge in [0.2, 0.25) is 0 Å². The zero-order valence-electron chi connectivity index (χ0n) is 9.55. The van der Waals surface area contributed by atoms with Crippen molar-refractivity contribution in [2.75, 3.05) is 19.8 Å². The van der Waals surface area contributed by atoms with Crippen LogP contribution >= 0.6 is 23.6 Å². The smallest absolute Gasteiger partial charge is 0.263 e. The van der Waals surface area contributed by atoms with Gasteiger partial charge in [-0.25, -0.2) is 0 Å². The lowest BCUT2D eigenvalue weighted by Gasteiger charge is -2.23. The molecular formula is C11H12N2O3S2. The van der Waals surface area contributed by atoms with E-state index in [4.69, 9.17) is 21.7 Å². The van der Waals surface area contributed by atoms with Crippen molar-refractivity contribution in [2.45, 2.75) is 12.6 Å². The van der Waals surface area contributed by atoms with Crippen molar-refractivity contribution in [1.82, 2.24) is 9.55 Å². The number of aromatic amines is 1. The molecule has 0 saturated carbocycles. The summed E-state index contributed by atoms with van der Waals surface area (Å²) in [6, 6.07) is 1.81. The standard InChI is InChI=1S/C11H12N2O3S2/c14-10-8-1-4-18-9(8)12-11(17)13(10)5-7-6-15-2-3-16-7/h1,4,7H,2-3,5-6H2,(H,12,17). The van der Waals surface area contributed by atoms with Crippen molar-refractivity contribution in [3.8, 4) is 0 Å². The van der Waals surface area contributed by atoms with Crippen LogP contribution in [0.5, 0.6) is 0 Å². The van der Waals surface area contributed by atoms with E-state index >= 15 is 0 Å². The summed E-state index contributed by atoms with van der Waals surface area (Å²) < 4.78 is 12.8. The monoisotopic (exact) mass is 284 g/mol. The molecule has 5 nitrogen and oxygen atoms in total. The number of fused-ring (bicyclic) bond motifs is 1. The van der Waals surface area contributed by atoms with E-state index in [1.54, 1.807) is 4.57 Å². The van der Waals surface area contributed by atoms with Gasteiger partial charge in [0.05, 0.1) is 37.9 Å². The molecule has 0 radical (unpaired) electrons. The predicted octanol–water partition coefficient (Wildman–Crippen LogP) is 1.54. The number of nitrogens with one attached hydrogen (secondary N) is 1. The lowest BCUT2D eigenvalue weighted by molar-refractivity contribution is -0.0940. The zero-order chi connectivity index (χ0) is 12.5. The van der Waals surface area contributed by atoms with Gasteiger partial charge in [-0.2, -0.15) is 0 Å². The molecule has 1 atom stereocenters. The highest BCUT2D eigenvalue weighted by atomic mass is 32.1. The van der Waals surface area contributed by atoms with Crippen molar-refractivity contribution in [3.05, 3.63) is 26.6 Å². The Balaban J connectivity index is 2.00. The van der Waals surface area contributed by atoms with Crippen LogP contribution in [0, 0.1) is 4.77 Å². The Morgan fingerprint density at radius 2 is 2.44 bits per heavy atom. The van der Waals surface area contributed by atoms with E-state index in [1.165, 1.54) is 11.3 Å². The third kappa shape index (κ3) is 2.14. The molecule has 3 rings (SSSR count). The first-order valence-corrected chi connectivity index (χ1v) is 6.94. The van der Waals surface area contributed by atoms with Crippen LogP contribution in [0.4, 0.5) is 0 Å². The van der Waals surface area contributed by atoms with Crippen molar-refractivity contribution >= 4 is 33.8 Å².